The molecule has 0 bridgehead atoms. The topological polar surface area (TPSA) is 91.2 Å². The average molecular weight is 209 g/mol. The molecule has 0 unspecified atom stereocenters. The van der Waals surface area contributed by atoms with Crippen molar-refractivity contribution in [2.45, 2.75) is 26.4 Å². The first kappa shape index (κ1) is 11.3. The van der Waals surface area contributed by atoms with Crippen LogP contribution < -0.4 is 11.5 Å². The number of hydrogen-bond donors (Lipinski definition) is 2. The molecule has 15 heavy (non-hydrogen) atoms. The first-order chi connectivity index (χ1) is 6.81. The summed E-state index contributed by atoms with van der Waals surface area (Å²) in [6.07, 6.45) is 1.42. The molecule has 0 aliphatic heterocycles. The quantitative estimate of drug-likeness (QED) is 0.678. The van der Waals surface area contributed by atoms with E-state index in [1.807, 2.05) is 0 Å². The summed E-state index contributed by atoms with van der Waals surface area (Å²) in [6.45, 7) is 5.35. The maximum atomic E-state index is 11.6. The van der Waals surface area contributed by atoms with Gasteiger partial charge in [0.05, 0.1) is 11.3 Å². The molecular weight excluding hydrogens is 194 g/mol. The average Bonchev–Trinajstić information content (AvgIpc) is 2.06. The lowest BCUT2D eigenvalue weighted by atomic mass is 10.1. The van der Waals surface area contributed by atoms with Gasteiger partial charge >= 0.3 is 5.97 Å². The minimum Gasteiger partial charge on any atom is -0.456 e. The van der Waals surface area contributed by atoms with Gasteiger partial charge in [0, 0.05) is 6.20 Å². The highest BCUT2D eigenvalue weighted by atomic mass is 16.6. The van der Waals surface area contributed by atoms with Crippen LogP contribution in [0.3, 0.4) is 0 Å². The molecule has 0 amide bonds. The molecule has 1 heterocycles. The summed E-state index contributed by atoms with van der Waals surface area (Å²) in [5.74, 6) is -0.354. The normalized spacial score (nSPS) is 11.1. The Balaban J connectivity index is 2.97. The number of nitrogens with two attached hydrogens (primary N) is 2. The van der Waals surface area contributed by atoms with Gasteiger partial charge < -0.3 is 16.2 Å². The van der Waals surface area contributed by atoms with Gasteiger partial charge in [0.25, 0.3) is 0 Å². The van der Waals surface area contributed by atoms with Gasteiger partial charge in [-0.25, -0.2) is 9.78 Å². The van der Waals surface area contributed by atoms with Crippen LogP contribution in [0.1, 0.15) is 31.1 Å². The van der Waals surface area contributed by atoms with Crippen molar-refractivity contribution in [1.82, 2.24) is 4.98 Å². The number of nitrogens with zero attached hydrogens (tertiary/aromatic N) is 1. The van der Waals surface area contributed by atoms with E-state index in [1.165, 1.54) is 12.3 Å². The maximum absolute atomic E-state index is 11.6. The highest BCUT2D eigenvalue weighted by Crippen LogP contribution is 2.20. The van der Waals surface area contributed by atoms with E-state index in [1.54, 1.807) is 20.8 Å². The fraction of sp³-hybridized carbons (Fsp3) is 0.400. The smallest absolute Gasteiger partial charge is 0.340 e. The molecular formula is C10H15N3O2. The predicted molar refractivity (Wildman–Crippen MR) is 58.2 cm³/mol. The van der Waals surface area contributed by atoms with Crippen molar-refractivity contribution in [3.63, 3.8) is 0 Å². The summed E-state index contributed by atoms with van der Waals surface area (Å²) in [6, 6.07) is 1.49. The summed E-state index contributed by atoms with van der Waals surface area (Å²) >= 11 is 0. The van der Waals surface area contributed by atoms with E-state index < -0.39 is 11.6 Å². The van der Waals surface area contributed by atoms with Crippen LogP contribution in [0.4, 0.5) is 11.5 Å². The SMILES string of the molecule is CC(C)(C)OC(=O)c1ccnc(N)c1N. The zero-order chi connectivity index (χ0) is 11.6. The lowest BCUT2D eigenvalue weighted by molar-refractivity contribution is 0.00707. The second kappa shape index (κ2) is 3.76. The fourth-order valence-electron chi connectivity index (χ4n) is 1.00. The zero-order valence-corrected chi connectivity index (χ0v) is 9.07. The number of esters is 1. The molecule has 1 aromatic heterocycles. The minimum absolute atomic E-state index is 0.137. The van der Waals surface area contributed by atoms with Crippen molar-refractivity contribution in [3.8, 4) is 0 Å². The van der Waals surface area contributed by atoms with Crippen LogP contribution in [0, 0.1) is 0 Å². The predicted octanol–water partition coefficient (Wildman–Crippen LogP) is 1.20. The van der Waals surface area contributed by atoms with Crippen molar-refractivity contribution in [3.05, 3.63) is 17.8 Å². The Morgan fingerprint density at radius 1 is 1.40 bits per heavy atom. The van der Waals surface area contributed by atoms with Crippen LogP contribution in [-0.4, -0.2) is 16.6 Å². The molecule has 0 spiro atoms. The number of pyridine rings is 1. The third-order valence-corrected chi connectivity index (χ3v) is 1.64. The van der Waals surface area contributed by atoms with Crippen LogP contribution in [0.5, 0.6) is 0 Å². The molecule has 82 valence electrons. The number of carbonyl (C=O) groups excluding carboxylic acids is 1. The molecule has 5 heteroatoms. The Bertz CT molecular complexity index is 383. The summed E-state index contributed by atoms with van der Waals surface area (Å²) in [7, 11) is 0. The third-order valence-electron chi connectivity index (χ3n) is 1.64. The number of aromatic nitrogens is 1. The molecule has 0 aliphatic carbocycles. The van der Waals surface area contributed by atoms with Gasteiger partial charge in [0.1, 0.15) is 11.4 Å². The van der Waals surface area contributed by atoms with E-state index in [-0.39, 0.29) is 17.1 Å². The monoisotopic (exact) mass is 209 g/mol. The Kier molecular flexibility index (Phi) is 2.83. The lowest BCUT2D eigenvalue weighted by Gasteiger charge is -2.20. The number of anilines is 2. The van der Waals surface area contributed by atoms with Gasteiger partial charge in [0.2, 0.25) is 0 Å². The van der Waals surface area contributed by atoms with E-state index in [0.29, 0.717) is 0 Å². The molecule has 1 aromatic rings. The molecule has 0 saturated carbocycles. The van der Waals surface area contributed by atoms with Gasteiger partial charge in [-0.15, -0.1) is 0 Å². The summed E-state index contributed by atoms with van der Waals surface area (Å²) < 4.78 is 5.16. The Hall–Kier alpha value is -1.78. The second-order valence-corrected chi connectivity index (χ2v) is 4.16. The van der Waals surface area contributed by atoms with Crippen molar-refractivity contribution in [2.75, 3.05) is 11.5 Å². The fourth-order valence-corrected chi connectivity index (χ4v) is 1.00. The van der Waals surface area contributed by atoms with E-state index in [4.69, 9.17) is 16.2 Å². The Morgan fingerprint density at radius 3 is 2.53 bits per heavy atom. The van der Waals surface area contributed by atoms with Crippen LogP contribution in [0.25, 0.3) is 0 Å². The summed E-state index contributed by atoms with van der Waals surface area (Å²) in [5, 5.41) is 0. The summed E-state index contributed by atoms with van der Waals surface area (Å²) in [4.78, 5) is 15.4. The van der Waals surface area contributed by atoms with Gasteiger partial charge in [-0.2, -0.15) is 0 Å². The van der Waals surface area contributed by atoms with Crippen LogP contribution >= 0.6 is 0 Å². The molecule has 0 aliphatic rings. The largest absolute Gasteiger partial charge is 0.456 e. The van der Waals surface area contributed by atoms with Crippen molar-refractivity contribution < 1.29 is 9.53 Å². The zero-order valence-electron chi connectivity index (χ0n) is 9.07. The first-order valence-corrected chi connectivity index (χ1v) is 4.54. The third kappa shape index (κ3) is 2.83. The van der Waals surface area contributed by atoms with Gasteiger partial charge in [0.15, 0.2) is 0 Å². The van der Waals surface area contributed by atoms with Crippen LogP contribution in [0.15, 0.2) is 12.3 Å². The van der Waals surface area contributed by atoms with Crippen LogP contribution in [-0.2, 0) is 4.74 Å². The lowest BCUT2D eigenvalue weighted by Crippen LogP contribution is -2.24. The molecule has 0 saturated heterocycles. The highest BCUT2D eigenvalue weighted by Gasteiger charge is 2.20. The van der Waals surface area contributed by atoms with E-state index in [2.05, 4.69) is 4.98 Å². The van der Waals surface area contributed by atoms with Gasteiger partial charge in [-0.3, -0.25) is 0 Å². The van der Waals surface area contributed by atoms with Gasteiger partial charge in [-0.1, -0.05) is 0 Å². The standard InChI is InChI=1S/C10H15N3O2/c1-10(2,3)15-9(14)6-4-5-13-8(12)7(6)11/h4-5H,11H2,1-3H3,(H2,12,13). The number of ether oxygens (including phenoxy) is 1. The number of carbonyl (C=O) groups is 1. The second-order valence-electron chi connectivity index (χ2n) is 4.16. The molecule has 1 rings (SSSR count). The molecule has 0 radical (unpaired) electrons. The molecule has 0 aromatic carbocycles. The van der Waals surface area contributed by atoms with E-state index >= 15 is 0 Å². The maximum Gasteiger partial charge on any atom is 0.340 e. The molecule has 0 atom stereocenters. The minimum atomic E-state index is -0.554. The number of hydrogen-bond acceptors (Lipinski definition) is 5. The van der Waals surface area contributed by atoms with E-state index in [9.17, 15) is 4.79 Å². The Labute approximate surface area is 88.4 Å². The molecule has 0 fully saturated rings. The first-order valence-electron chi connectivity index (χ1n) is 4.54. The van der Waals surface area contributed by atoms with E-state index in [0.717, 1.165) is 0 Å². The van der Waals surface area contributed by atoms with Crippen molar-refractivity contribution >= 4 is 17.5 Å². The number of rotatable bonds is 1. The van der Waals surface area contributed by atoms with Crippen LogP contribution in [0.2, 0.25) is 0 Å². The molecule has 5 nitrogen and oxygen atoms in total. The van der Waals surface area contributed by atoms with Gasteiger partial charge in [-0.05, 0) is 26.8 Å². The van der Waals surface area contributed by atoms with Crippen molar-refractivity contribution in [2.24, 2.45) is 0 Å². The summed E-state index contributed by atoms with van der Waals surface area (Å²) in [5.41, 5.74) is 10.9. The molecule has 4 N–H and O–H groups in total. The Morgan fingerprint density at radius 2 is 2.00 bits per heavy atom. The highest BCUT2D eigenvalue weighted by molar-refractivity contribution is 5.97. The number of nitrogen functional groups attached to an aromatic ring is 2. The van der Waals surface area contributed by atoms with Crippen molar-refractivity contribution in [1.29, 1.82) is 0 Å².